The molecule has 89 heavy (non-hydrogen) atoms. The molecule has 8 atom stereocenters. The van der Waals surface area contributed by atoms with Gasteiger partial charge in [0, 0.05) is 6.42 Å². The van der Waals surface area contributed by atoms with E-state index in [0.29, 0.717) is 12.8 Å². The summed E-state index contributed by atoms with van der Waals surface area (Å²) in [6.45, 7) is 5.71. The monoisotopic (exact) mass is 1250 g/mol. The second-order valence-electron chi connectivity index (χ2n) is 25.6. The summed E-state index contributed by atoms with van der Waals surface area (Å²) in [5.74, 6) is -1.20. The number of unbranched alkanes of at least 4 members (excludes halogenated alkanes) is 38. The van der Waals surface area contributed by atoms with Gasteiger partial charge in [0.1, 0.15) is 24.4 Å². The van der Waals surface area contributed by atoms with Crippen molar-refractivity contribution in [3.63, 3.8) is 0 Å². The molecule has 0 spiro atoms. The molecule has 0 saturated carbocycles. The zero-order valence-corrected chi connectivity index (χ0v) is 57.5. The average molecular weight is 1250 g/mol. The van der Waals surface area contributed by atoms with Crippen molar-refractivity contribution in [3.8, 4) is 0 Å². The summed E-state index contributed by atoms with van der Waals surface area (Å²) in [6.07, 6.45) is 76.2. The number of ether oxygens (including phenoxy) is 3. The normalized spacial score (nSPS) is 18.6. The molecule has 0 aromatic carbocycles. The van der Waals surface area contributed by atoms with E-state index in [9.17, 15) is 35.1 Å². The van der Waals surface area contributed by atoms with Gasteiger partial charge in [-0.2, -0.15) is 0 Å². The van der Waals surface area contributed by atoms with Gasteiger partial charge in [0.15, 0.2) is 12.4 Å². The minimum atomic E-state index is -1.62. The van der Waals surface area contributed by atoms with Crippen molar-refractivity contribution < 1.29 is 49.3 Å². The summed E-state index contributed by atoms with van der Waals surface area (Å²) in [7, 11) is 0. The Bertz CT molecular complexity index is 1780. The molecule has 6 N–H and O–H groups in total. The van der Waals surface area contributed by atoms with Crippen molar-refractivity contribution in [1.82, 2.24) is 5.32 Å². The van der Waals surface area contributed by atoms with Crippen molar-refractivity contribution in [2.24, 2.45) is 0 Å². The molecule has 0 radical (unpaired) electrons. The van der Waals surface area contributed by atoms with Crippen LogP contribution in [0.15, 0.2) is 85.1 Å². The molecule has 0 bridgehead atoms. The molecule has 1 aliphatic rings. The first-order valence-corrected chi connectivity index (χ1v) is 37.4. The van der Waals surface area contributed by atoms with E-state index in [1.807, 2.05) is 6.08 Å². The highest BCUT2D eigenvalue weighted by Gasteiger charge is 2.47. The van der Waals surface area contributed by atoms with Crippen LogP contribution in [0.25, 0.3) is 0 Å². The number of hydrogen-bond acceptors (Lipinski definition) is 10. The summed E-state index contributed by atoms with van der Waals surface area (Å²) in [6, 6.07) is -1.03. The molecule has 1 rings (SSSR count). The molecule has 0 aromatic heterocycles. The van der Waals surface area contributed by atoms with Crippen LogP contribution in [0, 0.1) is 0 Å². The molecule has 0 aromatic rings. The molecule has 8 unspecified atom stereocenters. The van der Waals surface area contributed by atoms with E-state index in [-0.39, 0.29) is 19.4 Å². The third kappa shape index (κ3) is 52.0. The fraction of sp³-hybridized carbons (Fsp3) is 0.795. The highest BCUT2D eigenvalue weighted by Crippen LogP contribution is 2.26. The van der Waals surface area contributed by atoms with Crippen LogP contribution in [0.4, 0.5) is 0 Å². The maximum atomic E-state index is 13.5. The lowest BCUT2D eigenvalue weighted by Gasteiger charge is -2.41. The molecule has 1 amide bonds. The van der Waals surface area contributed by atoms with E-state index in [2.05, 4.69) is 99.0 Å². The number of aliphatic hydroxyl groups excluding tert-OH is 5. The first kappa shape index (κ1) is 83.9. The molecule has 1 fully saturated rings. The zero-order chi connectivity index (χ0) is 64.6. The van der Waals surface area contributed by atoms with E-state index in [1.165, 1.54) is 180 Å². The number of hydrogen-bond donors (Lipinski definition) is 6. The Balaban J connectivity index is 2.57. The van der Waals surface area contributed by atoms with E-state index in [1.54, 1.807) is 6.08 Å². The first-order valence-electron chi connectivity index (χ1n) is 37.4. The standard InChI is InChI=1S/C78H139NO10/c1-4-7-10-13-16-19-22-25-27-29-31-33-35-36-37-39-41-43-45-48-51-54-57-60-63-66-73(83)89-76-75(85)74(84)72(67-80)88-78(76)87-68-69(70(81)64-61-58-55-52-49-46-24-21-18-15-12-9-6-3)79-77(86)71(82)65-62-59-56-53-50-47-44-42-40-38-34-32-30-28-26-23-20-17-14-11-8-5-2/h8,11,17,20,25-28,32,34,40,42,61,64,69-72,74-76,78,80-82,84-85H,4-7,9-10,12-16,18-19,21-24,29-31,33,35-39,41,43-60,62-63,65-68H2,1-3H3,(H,79,86)/b11-8-,20-17-,27-25+,28-26-,34-32-,42-40-,64-61+. The van der Waals surface area contributed by atoms with Gasteiger partial charge < -0.3 is 45.1 Å². The summed E-state index contributed by atoms with van der Waals surface area (Å²) in [5, 5.41) is 57.3. The zero-order valence-electron chi connectivity index (χ0n) is 57.5. The predicted molar refractivity (Wildman–Crippen MR) is 375 cm³/mol. The Kier molecular flexibility index (Phi) is 61.2. The van der Waals surface area contributed by atoms with Gasteiger partial charge in [-0.05, 0) is 96.3 Å². The smallest absolute Gasteiger partial charge is 0.306 e. The Labute approximate surface area is 546 Å². The number of esters is 1. The van der Waals surface area contributed by atoms with Crippen molar-refractivity contribution in [2.75, 3.05) is 13.2 Å². The van der Waals surface area contributed by atoms with Crippen LogP contribution in [0.2, 0.25) is 0 Å². The summed E-state index contributed by atoms with van der Waals surface area (Å²) in [5.41, 5.74) is 0. The number of nitrogens with one attached hydrogen (secondary N) is 1. The fourth-order valence-corrected chi connectivity index (χ4v) is 11.4. The number of allylic oxidation sites excluding steroid dienone is 13. The van der Waals surface area contributed by atoms with Crippen LogP contribution in [-0.4, -0.2) is 99.6 Å². The quantitative estimate of drug-likeness (QED) is 0.0195. The molecule has 11 heteroatoms. The van der Waals surface area contributed by atoms with Crippen LogP contribution in [0.5, 0.6) is 0 Å². The predicted octanol–water partition coefficient (Wildman–Crippen LogP) is 19.6. The Hall–Kier alpha value is -3.16. The van der Waals surface area contributed by atoms with Gasteiger partial charge in [-0.15, -0.1) is 0 Å². The Morgan fingerprint density at radius 3 is 1.22 bits per heavy atom. The minimum absolute atomic E-state index is 0.122. The van der Waals surface area contributed by atoms with Gasteiger partial charge in [0.25, 0.3) is 0 Å². The minimum Gasteiger partial charge on any atom is -0.454 e. The lowest BCUT2D eigenvalue weighted by molar-refractivity contribution is -0.305. The van der Waals surface area contributed by atoms with Gasteiger partial charge in [0.05, 0.1) is 25.4 Å². The van der Waals surface area contributed by atoms with Gasteiger partial charge in [-0.1, -0.05) is 318 Å². The van der Waals surface area contributed by atoms with Crippen LogP contribution in [0.3, 0.4) is 0 Å². The number of carbonyl (C=O) groups excluding carboxylic acids is 2. The van der Waals surface area contributed by atoms with Gasteiger partial charge in [-0.3, -0.25) is 9.59 Å². The lowest BCUT2D eigenvalue weighted by Crippen LogP contribution is -2.61. The average Bonchev–Trinajstić information content (AvgIpc) is 3.11. The number of aliphatic hydroxyl groups is 5. The molecule has 11 nitrogen and oxygen atoms in total. The second-order valence-corrected chi connectivity index (χ2v) is 25.6. The van der Waals surface area contributed by atoms with Crippen molar-refractivity contribution in [1.29, 1.82) is 0 Å². The molecule has 516 valence electrons. The maximum absolute atomic E-state index is 13.5. The van der Waals surface area contributed by atoms with Crippen LogP contribution < -0.4 is 5.32 Å². The fourth-order valence-electron chi connectivity index (χ4n) is 11.4. The maximum Gasteiger partial charge on any atom is 0.306 e. The number of rotatable bonds is 64. The molecule has 1 saturated heterocycles. The molecular formula is C78H139NO10. The van der Waals surface area contributed by atoms with Crippen LogP contribution in [-0.2, 0) is 23.8 Å². The van der Waals surface area contributed by atoms with Crippen molar-refractivity contribution in [2.45, 2.75) is 384 Å². The highest BCUT2D eigenvalue weighted by molar-refractivity contribution is 5.80. The lowest BCUT2D eigenvalue weighted by atomic mass is 9.99. The van der Waals surface area contributed by atoms with E-state index in [0.717, 1.165) is 109 Å². The number of amides is 1. The summed E-state index contributed by atoms with van der Waals surface area (Å²) in [4.78, 5) is 26.7. The van der Waals surface area contributed by atoms with E-state index >= 15 is 0 Å². The molecule has 1 aliphatic heterocycles. The molecule has 0 aliphatic carbocycles. The Morgan fingerprint density at radius 1 is 0.449 bits per heavy atom. The van der Waals surface area contributed by atoms with Crippen molar-refractivity contribution in [3.05, 3.63) is 85.1 Å². The molecule has 1 heterocycles. The topological polar surface area (TPSA) is 175 Å². The molecular weight excluding hydrogens is 1110 g/mol. The summed E-state index contributed by atoms with van der Waals surface area (Å²) >= 11 is 0. The largest absolute Gasteiger partial charge is 0.454 e. The first-order chi connectivity index (χ1) is 43.7. The summed E-state index contributed by atoms with van der Waals surface area (Å²) < 4.78 is 17.7. The van der Waals surface area contributed by atoms with Crippen LogP contribution in [0.1, 0.15) is 335 Å². The van der Waals surface area contributed by atoms with Crippen LogP contribution >= 0.6 is 0 Å². The third-order valence-corrected chi connectivity index (χ3v) is 17.3. The SMILES string of the molecule is CC/C=C\C/C=C\C/C=C\C/C=C\C/C=C\CCCCCCCCC(O)C(=O)NC(COC1OC(CO)C(O)C(O)C1OC(=O)CCCCCCCCCCCCCCCCC/C=C/CCCCCCCC)C(O)/C=C/CCCCCCCCCCCCC. The van der Waals surface area contributed by atoms with Gasteiger partial charge >= 0.3 is 5.97 Å². The highest BCUT2D eigenvalue weighted by atomic mass is 16.7. The third-order valence-electron chi connectivity index (χ3n) is 17.3. The van der Waals surface area contributed by atoms with Gasteiger partial charge in [-0.25, -0.2) is 0 Å². The van der Waals surface area contributed by atoms with E-state index < -0.39 is 67.4 Å². The van der Waals surface area contributed by atoms with Crippen molar-refractivity contribution >= 4 is 11.9 Å². The van der Waals surface area contributed by atoms with E-state index in [4.69, 9.17) is 14.2 Å². The second kappa shape index (κ2) is 64.9. The number of carbonyl (C=O) groups is 2. The van der Waals surface area contributed by atoms with Gasteiger partial charge in [0.2, 0.25) is 5.91 Å². The Morgan fingerprint density at radius 2 is 0.809 bits per heavy atom.